The first-order valence-electron chi connectivity index (χ1n) is 7.09. The van der Waals surface area contributed by atoms with E-state index in [9.17, 15) is 0 Å². The average Bonchev–Trinajstić information content (AvgIpc) is 2.44. The molecule has 6 heteroatoms. The molecule has 19 heavy (non-hydrogen) atoms. The van der Waals surface area contributed by atoms with Gasteiger partial charge in [0.1, 0.15) is 0 Å². The van der Waals surface area contributed by atoms with Crippen molar-refractivity contribution in [3.63, 3.8) is 0 Å². The Bertz CT molecular complexity index is 396. The average molecular weight is 301 g/mol. The second kappa shape index (κ2) is 7.90. The van der Waals surface area contributed by atoms with Gasteiger partial charge in [0.2, 0.25) is 11.2 Å². The van der Waals surface area contributed by atoms with Gasteiger partial charge in [-0.05, 0) is 37.3 Å². The molecule has 0 N–H and O–H groups in total. The van der Waals surface area contributed by atoms with Crippen LogP contribution in [-0.2, 0) is 0 Å². The zero-order valence-corrected chi connectivity index (χ0v) is 13.0. The Morgan fingerprint density at radius 2 is 1.89 bits per heavy atom. The SMILES string of the molecule is CCCCCSc1nc(Cl)nc(N2CCCCC2)n1. The van der Waals surface area contributed by atoms with Gasteiger partial charge in [-0.15, -0.1) is 0 Å². The van der Waals surface area contributed by atoms with Gasteiger partial charge >= 0.3 is 0 Å². The smallest absolute Gasteiger partial charge is 0.230 e. The number of piperidine rings is 1. The van der Waals surface area contributed by atoms with E-state index in [2.05, 4.69) is 26.8 Å². The summed E-state index contributed by atoms with van der Waals surface area (Å²) in [7, 11) is 0. The molecule has 106 valence electrons. The molecule has 1 fully saturated rings. The predicted molar refractivity (Wildman–Crippen MR) is 81.2 cm³/mol. The summed E-state index contributed by atoms with van der Waals surface area (Å²) in [5.41, 5.74) is 0. The number of aromatic nitrogens is 3. The zero-order valence-electron chi connectivity index (χ0n) is 11.4. The fourth-order valence-corrected chi connectivity index (χ4v) is 3.17. The Kier molecular flexibility index (Phi) is 6.17. The normalized spacial score (nSPS) is 15.8. The number of halogens is 1. The molecule has 0 amide bonds. The number of hydrogen-bond acceptors (Lipinski definition) is 5. The third-order valence-corrected chi connectivity index (χ3v) is 4.30. The standard InChI is InChI=1S/C13H21ClN4S/c1-2-3-7-10-19-13-16-11(14)15-12(17-13)18-8-5-4-6-9-18/h2-10H2,1H3. The Hall–Kier alpha value is -0.550. The molecule has 4 nitrogen and oxygen atoms in total. The Morgan fingerprint density at radius 3 is 2.63 bits per heavy atom. The van der Waals surface area contributed by atoms with Gasteiger partial charge in [0, 0.05) is 18.8 Å². The van der Waals surface area contributed by atoms with E-state index in [1.165, 1.54) is 38.5 Å². The minimum absolute atomic E-state index is 0.313. The third-order valence-electron chi connectivity index (χ3n) is 3.19. The molecule has 0 aromatic carbocycles. The summed E-state index contributed by atoms with van der Waals surface area (Å²) < 4.78 is 0. The van der Waals surface area contributed by atoms with Gasteiger partial charge < -0.3 is 4.90 Å². The minimum Gasteiger partial charge on any atom is -0.341 e. The van der Waals surface area contributed by atoms with E-state index in [1.807, 2.05) is 0 Å². The summed E-state index contributed by atoms with van der Waals surface area (Å²) in [6.45, 7) is 4.26. The molecule has 0 saturated carbocycles. The third kappa shape index (κ3) is 4.80. The zero-order chi connectivity index (χ0) is 13.5. The highest BCUT2D eigenvalue weighted by Gasteiger charge is 2.15. The summed E-state index contributed by atoms with van der Waals surface area (Å²) in [5, 5.41) is 1.07. The molecule has 2 heterocycles. The van der Waals surface area contributed by atoms with Crippen LogP contribution in [0.4, 0.5) is 5.95 Å². The van der Waals surface area contributed by atoms with Crippen molar-refractivity contribution in [2.45, 2.75) is 50.6 Å². The molecular formula is C13H21ClN4S. The first kappa shape index (κ1) is 14.9. The summed E-state index contributed by atoms with van der Waals surface area (Å²) in [6, 6.07) is 0. The number of anilines is 1. The van der Waals surface area contributed by atoms with Crippen LogP contribution in [0.1, 0.15) is 45.4 Å². The van der Waals surface area contributed by atoms with E-state index in [1.54, 1.807) is 11.8 Å². The fraction of sp³-hybridized carbons (Fsp3) is 0.769. The van der Waals surface area contributed by atoms with Crippen LogP contribution in [-0.4, -0.2) is 33.8 Å². The van der Waals surface area contributed by atoms with Crippen LogP contribution in [0, 0.1) is 0 Å². The van der Waals surface area contributed by atoms with Gasteiger partial charge in [-0.1, -0.05) is 31.5 Å². The minimum atomic E-state index is 0.313. The molecule has 0 atom stereocenters. The molecule has 1 saturated heterocycles. The number of nitrogens with zero attached hydrogens (tertiary/aromatic N) is 4. The largest absolute Gasteiger partial charge is 0.341 e. The molecule has 0 aliphatic carbocycles. The predicted octanol–water partition coefficient (Wildman–Crippen LogP) is 3.80. The monoisotopic (exact) mass is 300 g/mol. The van der Waals surface area contributed by atoms with Crippen molar-refractivity contribution >= 4 is 29.3 Å². The van der Waals surface area contributed by atoms with Gasteiger partial charge in [0.15, 0.2) is 5.16 Å². The lowest BCUT2D eigenvalue weighted by Crippen LogP contribution is -2.31. The van der Waals surface area contributed by atoms with Crippen molar-refractivity contribution in [2.75, 3.05) is 23.7 Å². The summed E-state index contributed by atoms with van der Waals surface area (Å²) in [5.74, 6) is 1.80. The molecule has 1 aliphatic heterocycles. The van der Waals surface area contributed by atoms with E-state index in [0.29, 0.717) is 5.28 Å². The molecule has 1 aromatic heterocycles. The Balaban J connectivity index is 1.97. The van der Waals surface area contributed by atoms with Crippen LogP contribution in [0.25, 0.3) is 0 Å². The second-order valence-corrected chi connectivity index (χ2v) is 6.19. The quantitative estimate of drug-likeness (QED) is 0.590. The lowest BCUT2D eigenvalue weighted by atomic mass is 10.1. The highest BCUT2D eigenvalue weighted by Crippen LogP contribution is 2.22. The summed E-state index contributed by atoms with van der Waals surface area (Å²) in [4.78, 5) is 15.2. The highest BCUT2D eigenvalue weighted by atomic mass is 35.5. The summed E-state index contributed by atoms with van der Waals surface area (Å²) >= 11 is 7.69. The molecule has 2 rings (SSSR count). The van der Waals surface area contributed by atoms with Crippen molar-refractivity contribution in [1.82, 2.24) is 15.0 Å². The van der Waals surface area contributed by atoms with Gasteiger partial charge in [-0.2, -0.15) is 15.0 Å². The van der Waals surface area contributed by atoms with Crippen LogP contribution in [0.3, 0.4) is 0 Å². The first-order chi connectivity index (χ1) is 9.29. The van der Waals surface area contributed by atoms with Crippen LogP contribution >= 0.6 is 23.4 Å². The fourth-order valence-electron chi connectivity index (χ4n) is 2.14. The molecule has 1 aromatic rings. The van der Waals surface area contributed by atoms with Gasteiger partial charge in [0.25, 0.3) is 0 Å². The van der Waals surface area contributed by atoms with E-state index in [4.69, 9.17) is 11.6 Å². The Labute approximate surface area is 124 Å². The van der Waals surface area contributed by atoms with Crippen molar-refractivity contribution in [2.24, 2.45) is 0 Å². The molecular weight excluding hydrogens is 280 g/mol. The summed E-state index contributed by atoms with van der Waals surface area (Å²) in [6.07, 6.45) is 7.41. The van der Waals surface area contributed by atoms with Crippen LogP contribution in [0.2, 0.25) is 5.28 Å². The van der Waals surface area contributed by atoms with E-state index in [-0.39, 0.29) is 0 Å². The maximum absolute atomic E-state index is 6.01. The van der Waals surface area contributed by atoms with Gasteiger partial charge in [-0.3, -0.25) is 0 Å². The Morgan fingerprint density at radius 1 is 1.11 bits per heavy atom. The van der Waals surface area contributed by atoms with Crippen molar-refractivity contribution < 1.29 is 0 Å². The topological polar surface area (TPSA) is 41.9 Å². The van der Waals surface area contributed by atoms with Gasteiger partial charge in [0.05, 0.1) is 0 Å². The molecule has 1 aliphatic rings. The van der Waals surface area contributed by atoms with Crippen molar-refractivity contribution in [1.29, 1.82) is 0 Å². The maximum Gasteiger partial charge on any atom is 0.230 e. The van der Waals surface area contributed by atoms with Crippen LogP contribution in [0.5, 0.6) is 0 Å². The number of hydrogen-bond donors (Lipinski definition) is 0. The van der Waals surface area contributed by atoms with Gasteiger partial charge in [-0.25, -0.2) is 0 Å². The molecule has 0 bridgehead atoms. The second-order valence-electron chi connectivity index (χ2n) is 4.79. The number of unbranched alkanes of at least 4 members (excludes halogenated alkanes) is 2. The van der Waals surface area contributed by atoms with Crippen LogP contribution < -0.4 is 4.90 Å². The van der Waals surface area contributed by atoms with Crippen LogP contribution in [0.15, 0.2) is 5.16 Å². The van der Waals surface area contributed by atoms with E-state index >= 15 is 0 Å². The van der Waals surface area contributed by atoms with E-state index < -0.39 is 0 Å². The highest BCUT2D eigenvalue weighted by molar-refractivity contribution is 7.99. The van der Waals surface area contributed by atoms with Crippen molar-refractivity contribution in [3.8, 4) is 0 Å². The lowest BCUT2D eigenvalue weighted by Gasteiger charge is -2.26. The number of thioether (sulfide) groups is 1. The number of rotatable bonds is 6. The maximum atomic E-state index is 6.01. The van der Waals surface area contributed by atoms with E-state index in [0.717, 1.165) is 29.9 Å². The first-order valence-corrected chi connectivity index (χ1v) is 8.45. The lowest BCUT2D eigenvalue weighted by molar-refractivity contribution is 0.564. The molecule has 0 spiro atoms. The molecule has 0 radical (unpaired) electrons. The van der Waals surface area contributed by atoms with Crippen molar-refractivity contribution in [3.05, 3.63) is 5.28 Å². The molecule has 0 unspecified atom stereocenters.